The van der Waals surface area contributed by atoms with Crippen molar-refractivity contribution >= 4 is 16.8 Å². The molecule has 4 aromatic rings. The summed E-state index contributed by atoms with van der Waals surface area (Å²) in [6.07, 6.45) is 0.0352. The van der Waals surface area contributed by atoms with Crippen LogP contribution in [-0.4, -0.2) is 54.8 Å². The minimum atomic E-state index is -4.74. The standard InChI is InChI=1S/C24H23F3N6O2/c1-33-20(10-16-8-9-18-17(11-28-31-18)21(16)13-2-3-13)30-22(32-33)14-4-6-15(7-5-14)23(35)29-19(12-34)24(25,26)27/h4-9,11,13,19,34H,2-3,10,12H2,1H3,(H,28,31)(H,29,35). The number of H-pyrrole nitrogens is 1. The number of amides is 1. The maximum Gasteiger partial charge on any atom is 0.410 e. The Bertz CT molecular complexity index is 1370. The van der Waals surface area contributed by atoms with Crippen LogP contribution in [0.1, 0.15) is 46.1 Å². The molecule has 1 fully saturated rings. The number of nitrogens with one attached hydrogen (secondary N) is 2. The van der Waals surface area contributed by atoms with Crippen molar-refractivity contribution in [1.29, 1.82) is 0 Å². The van der Waals surface area contributed by atoms with Crippen LogP contribution in [-0.2, 0) is 13.5 Å². The third kappa shape index (κ3) is 4.63. The fourth-order valence-electron chi connectivity index (χ4n) is 4.20. The number of aromatic nitrogens is 5. The van der Waals surface area contributed by atoms with Crippen LogP contribution in [0, 0.1) is 0 Å². The molecular weight excluding hydrogens is 461 g/mol. The molecule has 8 nitrogen and oxygen atoms in total. The molecule has 2 heterocycles. The number of halogens is 3. The second-order valence-electron chi connectivity index (χ2n) is 8.72. The van der Waals surface area contributed by atoms with Crippen LogP contribution < -0.4 is 5.32 Å². The highest BCUT2D eigenvalue weighted by Crippen LogP contribution is 2.45. The summed E-state index contributed by atoms with van der Waals surface area (Å²) in [5, 5.41) is 23.5. The first kappa shape index (κ1) is 23.0. The molecule has 2 aromatic carbocycles. The third-order valence-corrected chi connectivity index (χ3v) is 6.23. The molecule has 0 aliphatic heterocycles. The Kier molecular flexibility index (Phi) is 5.79. The number of rotatable bonds is 7. The maximum absolute atomic E-state index is 12.8. The van der Waals surface area contributed by atoms with E-state index < -0.39 is 24.7 Å². The van der Waals surface area contributed by atoms with Crippen molar-refractivity contribution in [2.75, 3.05) is 6.61 Å². The van der Waals surface area contributed by atoms with Gasteiger partial charge in [-0.15, -0.1) is 0 Å². The highest BCUT2D eigenvalue weighted by Gasteiger charge is 2.40. The molecule has 1 aliphatic carbocycles. The first-order chi connectivity index (χ1) is 16.7. The highest BCUT2D eigenvalue weighted by molar-refractivity contribution is 5.94. The largest absolute Gasteiger partial charge is 0.410 e. The summed E-state index contributed by atoms with van der Waals surface area (Å²) in [7, 11) is 1.81. The summed E-state index contributed by atoms with van der Waals surface area (Å²) in [5.41, 5.74) is 4.16. The summed E-state index contributed by atoms with van der Waals surface area (Å²) < 4.78 is 40.1. The number of benzene rings is 2. The van der Waals surface area contributed by atoms with Crippen LogP contribution in [0.3, 0.4) is 0 Å². The van der Waals surface area contributed by atoms with E-state index in [1.54, 1.807) is 22.1 Å². The lowest BCUT2D eigenvalue weighted by Crippen LogP contribution is -2.47. The number of hydrogen-bond donors (Lipinski definition) is 3. The molecule has 182 valence electrons. The summed E-state index contributed by atoms with van der Waals surface area (Å²) in [4.78, 5) is 16.8. The van der Waals surface area contributed by atoms with E-state index >= 15 is 0 Å². The van der Waals surface area contributed by atoms with Gasteiger partial charge in [0.25, 0.3) is 5.91 Å². The Morgan fingerprint density at radius 2 is 1.97 bits per heavy atom. The van der Waals surface area contributed by atoms with Crippen molar-refractivity contribution in [3.8, 4) is 11.4 Å². The Hall–Kier alpha value is -3.73. The van der Waals surface area contributed by atoms with Gasteiger partial charge in [-0.05, 0) is 48.1 Å². The van der Waals surface area contributed by atoms with Crippen molar-refractivity contribution in [2.45, 2.75) is 37.4 Å². The van der Waals surface area contributed by atoms with E-state index in [-0.39, 0.29) is 5.56 Å². The van der Waals surface area contributed by atoms with Crippen molar-refractivity contribution in [2.24, 2.45) is 7.05 Å². The molecule has 1 saturated carbocycles. The molecule has 1 aliphatic rings. The van der Waals surface area contributed by atoms with Crippen LogP contribution in [0.25, 0.3) is 22.3 Å². The minimum absolute atomic E-state index is 0.0371. The van der Waals surface area contributed by atoms with E-state index in [1.807, 2.05) is 19.3 Å². The van der Waals surface area contributed by atoms with E-state index in [0.717, 1.165) is 29.6 Å². The number of aromatic amines is 1. The zero-order chi connectivity index (χ0) is 24.7. The molecule has 1 amide bonds. The predicted octanol–water partition coefficient (Wildman–Crippen LogP) is 3.48. The zero-order valence-electron chi connectivity index (χ0n) is 18.8. The zero-order valence-corrected chi connectivity index (χ0v) is 18.8. The number of fused-ring (bicyclic) bond motifs is 1. The summed E-state index contributed by atoms with van der Waals surface area (Å²) in [6.45, 7) is -1.23. The quantitative estimate of drug-likeness (QED) is 0.372. The Balaban J connectivity index is 1.35. The number of nitrogens with zero attached hydrogens (tertiary/aromatic N) is 4. The van der Waals surface area contributed by atoms with Gasteiger partial charge in [-0.2, -0.15) is 23.4 Å². The van der Waals surface area contributed by atoms with Crippen LogP contribution in [0.5, 0.6) is 0 Å². The molecule has 1 atom stereocenters. The fourth-order valence-corrected chi connectivity index (χ4v) is 4.20. The van der Waals surface area contributed by atoms with Crippen LogP contribution in [0.2, 0.25) is 0 Å². The monoisotopic (exact) mass is 484 g/mol. The summed E-state index contributed by atoms with van der Waals surface area (Å²) in [6, 6.07) is 7.77. The van der Waals surface area contributed by atoms with Gasteiger partial charge in [-0.3, -0.25) is 14.6 Å². The van der Waals surface area contributed by atoms with Gasteiger partial charge in [-0.1, -0.05) is 18.2 Å². The first-order valence-corrected chi connectivity index (χ1v) is 11.2. The number of carbonyl (C=O) groups excluding carboxylic acids is 1. The molecule has 5 rings (SSSR count). The van der Waals surface area contributed by atoms with Crippen molar-refractivity contribution in [3.63, 3.8) is 0 Å². The van der Waals surface area contributed by atoms with Gasteiger partial charge in [0.1, 0.15) is 11.9 Å². The SMILES string of the molecule is Cn1nc(-c2ccc(C(=O)NC(CO)C(F)(F)F)cc2)nc1Cc1ccc2[nH]ncc2c1C1CC1. The van der Waals surface area contributed by atoms with Gasteiger partial charge >= 0.3 is 6.18 Å². The number of aliphatic hydroxyl groups is 1. The van der Waals surface area contributed by atoms with Crippen LogP contribution in [0.15, 0.2) is 42.6 Å². The van der Waals surface area contributed by atoms with Gasteiger partial charge in [0.15, 0.2) is 5.82 Å². The Morgan fingerprint density at radius 1 is 1.23 bits per heavy atom. The second-order valence-corrected chi connectivity index (χ2v) is 8.72. The Morgan fingerprint density at radius 3 is 2.63 bits per heavy atom. The molecular formula is C24H23F3N6O2. The van der Waals surface area contributed by atoms with Gasteiger partial charge in [0.05, 0.1) is 18.3 Å². The summed E-state index contributed by atoms with van der Waals surface area (Å²) >= 11 is 0. The van der Waals surface area contributed by atoms with Crippen molar-refractivity contribution < 1.29 is 23.1 Å². The lowest BCUT2D eigenvalue weighted by molar-refractivity contribution is -0.161. The second kappa shape index (κ2) is 8.81. The highest BCUT2D eigenvalue weighted by atomic mass is 19.4. The van der Waals surface area contributed by atoms with E-state index in [2.05, 4.69) is 26.3 Å². The fraction of sp³-hybridized carbons (Fsp3) is 0.333. The minimum Gasteiger partial charge on any atom is -0.394 e. The molecule has 3 N–H and O–H groups in total. The van der Waals surface area contributed by atoms with E-state index in [0.29, 0.717) is 23.7 Å². The van der Waals surface area contributed by atoms with Crippen LogP contribution in [0.4, 0.5) is 13.2 Å². The molecule has 0 spiro atoms. The van der Waals surface area contributed by atoms with Crippen molar-refractivity contribution in [1.82, 2.24) is 30.3 Å². The number of aryl methyl sites for hydroxylation is 1. The molecule has 1 unspecified atom stereocenters. The third-order valence-electron chi connectivity index (χ3n) is 6.23. The average Bonchev–Trinajstić information content (AvgIpc) is 3.44. The maximum atomic E-state index is 12.8. The average molecular weight is 484 g/mol. The number of carbonyl (C=O) groups is 1. The lowest BCUT2D eigenvalue weighted by atomic mass is 9.97. The molecule has 2 aromatic heterocycles. The van der Waals surface area contributed by atoms with E-state index in [1.165, 1.54) is 23.3 Å². The predicted molar refractivity (Wildman–Crippen MR) is 122 cm³/mol. The number of alkyl halides is 3. The number of hydrogen-bond acceptors (Lipinski definition) is 5. The molecule has 35 heavy (non-hydrogen) atoms. The molecule has 0 radical (unpaired) electrons. The first-order valence-electron chi connectivity index (χ1n) is 11.2. The van der Waals surface area contributed by atoms with Crippen molar-refractivity contribution in [3.05, 3.63) is 65.1 Å². The molecule has 0 saturated heterocycles. The summed E-state index contributed by atoms with van der Waals surface area (Å²) in [5.74, 6) is 0.822. The van der Waals surface area contributed by atoms with Gasteiger partial charge in [-0.25, -0.2) is 4.98 Å². The smallest absolute Gasteiger partial charge is 0.394 e. The van der Waals surface area contributed by atoms with E-state index in [9.17, 15) is 18.0 Å². The van der Waals surface area contributed by atoms with Gasteiger partial charge in [0.2, 0.25) is 0 Å². The van der Waals surface area contributed by atoms with Crippen LogP contribution >= 0.6 is 0 Å². The van der Waals surface area contributed by atoms with Gasteiger partial charge < -0.3 is 10.4 Å². The topological polar surface area (TPSA) is 109 Å². The Labute approximate surface area is 198 Å². The molecule has 0 bridgehead atoms. The number of aliphatic hydroxyl groups excluding tert-OH is 1. The van der Waals surface area contributed by atoms with Gasteiger partial charge in [0, 0.05) is 30.0 Å². The van der Waals surface area contributed by atoms with E-state index in [4.69, 9.17) is 5.11 Å². The lowest BCUT2D eigenvalue weighted by Gasteiger charge is -2.19. The molecule has 11 heteroatoms. The normalized spacial score (nSPS) is 14.9.